The minimum absolute atomic E-state index is 0.000420. The van der Waals surface area contributed by atoms with Crippen LogP contribution in [-0.4, -0.2) is 20.6 Å². The molecule has 4 nitrogen and oxygen atoms in total. The van der Waals surface area contributed by atoms with Crippen molar-refractivity contribution in [2.45, 2.75) is 50.0 Å². The highest BCUT2D eigenvalue weighted by Gasteiger charge is 2.40. The summed E-state index contributed by atoms with van der Waals surface area (Å²) in [5, 5.41) is 2.41. The summed E-state index contributed by atoms with van der Waals surface area (Å²) in [4.78, 5) is 10.5. The quantitative estimate of drug-likeness (QED) is 0.200. The molecule has 2 aromatic heterocycles. The van der Waals surface area contributed by atoms with Crippen LogP contribution in [0.2, 0.25) is 0 Å². The molecule has 0 saturated heterocycles. The summed E-state index contributed by atoms with van der Waals surface area (Å²) in [5.41, 5.74) is 12.6. The minimum atomic E-state index is -0.000420. The highest BCUT2D eigenvalue weighted by Crippen LogP contribution is 2.50. The molecular formula is C44H35N3O. The lowest BCUT2D eigenvalue weighted by atomic mass is 9.85. The first-order valence-electron chi connectivity index (χ1n) is 17.3. The summed E-state index contributed by atoms with van der Waals surface area (Å²) in [6.07, 6.45) is 28.0. The average molecular weight is 622 g/mol. The van der Waals surface area contributed by atoms with Gasteiger partial charge in [-0.15, -0.1) is 0 Å². The van der Waals surface area contributed by atoms with Gasteiger partial charge in [0.2, 0.25) is 0 Å². The normalized spacial score (nSPS) is 22.4. The van der Waals surface area contributed by atoms with Crippen molar-refractivity contribution >= 4 is 39.2 Å². The Balaban J connectivity index is 1.02. The summed E-state index contributed by atoms with van der Waals surface area (Å²) in [7, 11) is 0. The number of hydrogen-bond acceptors (Lipinski definition) is 3. The number of ether oxygens (including phenoxy) is 1. The van der Waals surface area contributed by atoms with Crippen molar-refractivity contribution in [2.75, 3.05) is 0 Å². The van der Waals surface area contributed by atoms with Crippen LogP contribution in [0.25, 0.3) is 39.2 Å². The Morgan fingerprint density at radius 2 is 1.54 bits per heavy atom. The molecule has 5 aliphatic rings. The number of para-hydroxylation sites is 3. The molecule has 4 aliphatic carbocycles. The van der Waals surface area contributed by atoms with E-state index in [-0.39, 0.29) is 17.9 Å². The van der Waals surface area contributed by atoms with E-state index in [0.717, 1.165) is 60.3 Å². The predicted molar refractivity (Wildman–Crippen MR) is 196 cm³/mol. The first kappa shape index (κ1) is 27.6. The van der Waals surface area contributed by atoms with Crippen LogP contribution < -0.4 is 4.74 Å². The van der Waals surface area contributed by atoms with Crippen LogP contribution in [-0.2, 0) is 0 Å². The second kappa shape index (κ2) is 11.1. The van der Waals surface area contributed by atoms with E-state index in [9.17, 15) is 0 Å². The number of aromatic nitrogens is 3. The van der Waals surface area contributed by atoms with Crippen LogP contribution in [0.4, 0.5) is 0 Å². The first-order valence-corrected chi connectivity index (χ1v) is 17.3. The predicted octanol–water partition coefficient (Wildman–Crippen LogP) is 10.5. The molecule has 3 atom stereocenters. The lowest BCUT2D eigenvalue weighted by Gasteiger charge is -2.25. The van der Waals surface area contributed by atoms with Gasteiger partial charge >= 0.3 is 0 Å². The van der Waals surface area contributed by atoms with Crippen molar-refractivity contribution < 1.29 is 4.74 Å². The van der Waals surface area contributed by atoms with Gasteiger partial charge in [0.25, 0.3) is 0 Å². The van der Waals surface area contributed by atoms with Crippen molar-refractivity contribution in [3.8, 4) is 5.75 Å². The van der Waals surface area contributed by atoms with Gasteiger partial charge in [-0.05, 0) is 79.2 Å². The molecule has 1 aliphatic heterocycles. The van der Waals surface area contributed by atoms with Crippen LogP contribution in [0, 0.1) is 0 Å². The SMILES string of the molecule is C1=CCCC(C2=CC=C(c3nc(C4C=CC(n5c6c(c7ccccc75)C=CC5Oc7ccccc7C65)=CC4)nc4ccccc34)CC2)=C1. The summed E-state index contributed by atoms with van der Waals surface area (Å²) < 4.78 is 8.92. The molecule has 0 N–H and O–H groups in total. The highest BCUT2D eigenvalue weighted by molar-refractivity contribution is 5.96. The zero-order valence-electron chi connectivity index (χ0n) is 26.7. The number of hydrogen-bond donors (Lipinski definition) is 0. The molecule has 0 bridgehead atoms. The lowest BCUT2D eigenvalue weighted by molar-refractivity contribution is 0.265. The maximum Gasteiger partial charge on any atom is 0.136 e. The number of fused-ring (bicyclic) bond motifs is 8. The van der Waals surface area contributed by atoms with Gasteiger partial charge in [-0.2, -0.15) is 0 Å². The van der Waals surface area contributed by atoms with E-state index >= 15 is 0 Å². The van der Waals surface area contributed by atoms with E-state index in [1.807, 2.05) is 0 Å². The zero-order valence-corrected chi connectivity index (χ0v) is 26.7. The van der Waals surface area contributed by atoms with Gasteiger partial charge in [0.15, 0.2) is 0 Å². The molecule has 48 heavy (non-hydrogen) atoms. The molecule has 10 rings (SSSR count). The average Bonchev–Trinajstić information content (AvgIpc) is 3.71. The van der Waals surface area contributed by atoms with Crippen LogP contribution in [0.15, 0.2) is 139 Å². The molecule has 232 valence electrons. The molecule has 5 aromatic rings. The standard InChI is InChI=1S/C44H35N3O/c1-2-10-28(11-3-1)29-18-20-30(21-19-29)42-35-13-4-7-15-37(35)45-44(46-42)31-22-24-32(25-23-31)47-38-16-8-5-12-33(38)34-26-27-40-41(43(34)47)36-14-6-9-17-39(36)48-40/h1-2,4-10,12-18,20,22,24-27,31,40-41H,3,11,19,21,23H2. The summed E-state index contributed by atoms with van der Waals surface area (Å²) in [6, 6.07) is 25.8. The number of nitrogens with zero attached hydrogens (tertiary/aromatic N) is 3. The highest BCUT2D eigenvalue weighted by atomic mass is 16.5. The first-order chi connectivity index (χ1) is 23.8. The van der Waals surface area contributed by atoms with Crippen molar-refractivity contribution in [1.82, 2.24) is 14.5 Å². The van der Waals surface area contributed by atoms with Crippen molar-refractivity contribution in [2.24, 2.45) is 0 Å². The summed E-state index contributed by atoms with van der Waals surface area (Å²) >= 11 is 0. The Labute approximate surface area is 280 Å². The molecule has 0 spiro atoms. The van der Waals surface area contributed by atoms with E-state index in [1.54, 1.807) is 0 Å². The van der Waals surface area contributed by atoms with Crippen LogP contribution in [0.3, 0.4) is 0 Å². The summed E-state index contributed by atoms with van der Waals surface area (Å²) in [5.74, 6) is 2.14. The number of allylic oxidation sites excluding steroid dienone is 12. The minimum Gasteiger partial charge on any atom is -0.485 e. The van der Waals surface area contributed by atoms with Crippen molar-refractivity contribution in [3.63, 3.8) is 0 Å². The monoisotopic (exact) mass is 621 g/mol. The van der Waals surface area contributed by atoms with E-state index in [4.69, 9.17) is 14.7 Å². The fourth-order valence-corrected chi connectivity index (χ4v) is 8.37. The van der Waals surface area contributed by atoms with Gasteiger partial charge in [0.05, 0.1) is 22.6 Å². The smallest absolute Gasteiger partial charge is 0.136 e. The fraction of sp³-hybridized carbons (Fsp3) is 0.182. The topological polar surface area (TPSA) is 39.9 Å². The Morgan fingerprint density at radius 3 is 2.40 bits per heavy atom. The zero-order chi connectivity index (χ0) is 31.6. The van der Waals surface area contributed by atoms with Crippen LogP contribution in [0.1, 0.15) is 72.3 Å². The molecule has 4 heteroatoms. The lowest BCUT2D eigenvalue weighted by Crippen LogP contribution is -2.23. The Morgan fingerprint density at radius 1 is 0.729 bits per heavy atom. The van der Waals surface area contributed by atoms with Gasteiger partial charge < -0.3 is 9.30 Å². The van der Waals surface area contributed by atoms with E-state index in [2.05, 4.69) is 138 Å². The maximum absolute atomic E-state index is 6.45. The van der Waals surface area contributed by atoms with Crippen molar-refractivity contribution in [3.05, 3.63) is 167 Å². The Bertz CT molecular complexity index is 2380. The molecular weight excluding hydrogens is 587 g/mol. The molecule has 3 heterocycles. The van der Waals surface area contributed by atoms with Gasteiger partial charge in [-0.3, -0.25) is 0 Å². The van der Waals surface area contributed by atoms with Crippen LogP contribution >= 0.6 is 0 Å². The third kappa shape index (κ3) is 4.36. The van der Waals surface area contributed by atoms with Gasteiger partial charge in [0.1, 0.15) is 17.7 Å². The number of rotatable bonds is 4. The van der Waals surface area contributed by atoms with Gasteiger partial charge in [-0.25, -0.2) is 9.97 Å². The van der Waals surface area contributed by atoms with E-state index in [1.165, 1.54) is 50.1 Å². The maximum atomic E-state index is 6.45. The van der Waals surface area contributed by atoms with Gasteiger partial charge in [0, 0.05) is 39.2 Å². The fourth-order valence-electron chi connectivity index (χ4n) is 8.37. The molecule has 3 aromatic carbocycles. The summed E-state index contributed by atoms with van der Waals surface area (Å²) in [6.45, 7) is 0. The van der Waals surface area contributed by atoms with E-state index < -0.39 is 0 Å². The molecule has 0 saturated carbocycles. The van der Waals surface area contributed by atoms with Gasteiger partial charge in [-0.1, -0.05) is 103 Å². The second-order valence-corrected chi connectivity index (χ2v) is 13.4. The molecule has 3 unspecified atom stereocenters. The van der Waals surface area contributed by atoms with Crippen molar-refractivity contribution in [1.29, 1.82) is 0 Å². The Hall–Kier alpha value is -5.48. The molecule has 0 fully saturated rings. The molecule has 0 amide bonds. The third-order valence-electron chi connectivity index (χ3n) is 10.7. The molecule has 0 radical (unpaired) electrons. The van der Waals surface area contributed by atoms with Crippen LogP contribution in [0.5, 0.6) is 5.75 Å². The number of benzene rings is 3. The van der Waals surface area contributed by atoms with E-state index in [0.29, 0.717) is 0 Å². The Kier molecular flexibility index (Phi) is 6.36. The third-order valence-corrected chi connectivity index (χ3v) is 10.7. The second-order valence-electron chi connectivity index (χ2n) is 13.4. The largest absolute Gasteiger partial charge is 0.485 e.